The predicted octanol–water partition coefficient (Wildman–Crippen LogP) is 0.785. The first kappa shape index (κ1) is 11.3. The second kappa shape index (κ2) is 4.35. The van der Waals surface area contributed by atoms with Gasteiger partial charge in [0.1, 0.15) is 5.76 Å². The van der Waals surface area contributed by atoms with Crippen molar-refractivity contribution in [1.82, 2.24) is 0 Å². The Kier molecular flexibility index (Phi) is 5.45. The van der Waals surface area contributed by atoms with E-state index in [4.69, 9.17) is 15.3 Å². The molecule has 0 aromatic heterocycles. The molecule has 0 fully saturated rings. The smallest absolute Gasteiger partial charge is 0.218 e. The van der Waals surface area contributed by atoms with Gasteiger partial charge in [0.25, 0.3) is 0 Å². The molecule has 0 aliphatic heterocycles. The van der Waals surface area contributed by atoms with Crippen molar-refractivity contribution >= 4 is 0 Å². The second-order valence-electron chi connectivity index (χ2n) is 1.47. The zero-order valence-electron chi connectivity index (χ0n) is 6.05. The van der Waals surface area contributed by atoms with Crippen molar-refractivity contribution in [3.05, 3.63) is 12.3 Å². The average molecular weight is 134 g/mol. The molecule has 0 aliphatic carbocycles. The highest BCUT2D eigenvalue weighted by molar-refractivity contribution is 4.91. The molecule has 3 nitrogen and oxygen atoms in total. The first-order chi connectivity index (χ1) is 3.94. The zero-order chi connectivity index (χ0) is 8.08. The zero-order valence-corrected chi connectivity index (χ0v) is 6.05. The van der Waals surface area contributed by atoms with Crippen LogP contribution in [-0.2, 0) is 0 Å². The van der Waals surface area contributed by atoms with Gasteiger partial charge in [-0.1, -0.05) is 20.4 Å². The molecule has 3 N–H and O–H groups in total. The molecule has 3 heteroatoms. The van der Waals surface area contributed by atoms with Gasteiger partial charge < -0.3 is 15.3 Å². The monoisotopic (exact) mass is 134 g/mol. The molecule has 0 radical (unpaired) electrons. The molecule has 0 amide bonds. The lowest BCUT2D eigenvalue weighted by Crippen LogP contribution is -2.24. The van der Waals surface area contributed by atoms with E-state index in [9.17, 15) is 0 Å². The van der Waals surface area contributed by atoms with Crippen molar-refractivity contribution in [3.63, 3.8) is 0 Å². The van der Waals surface area contributed by atoms with Crippen LogP contribution in [0.1, 0.15) is 20.8 Å². The number of hydrogen-bond acceptors (Lipinski definition) is 3. The van der Waals surface area contributed by atoms with Gasteiger partial charge in [-0.25, -0.2) is 0 Å². The van der Waals surface area contributed by atoms with Crippen LogP contribution in [0.15, 0.2) is 12.3 Å². The number of aliphatic hydroxyl groups excluding tert-OH is 1. The molecule has 0 spiro atoms. The highest BCUT2D eigenvalue weighted by atomic mass is 16.5. The molecule has 0 saturated carbocycles. The Morgan fingerprint density at radius 3 is 1.44 bits per heavy atom. The second-order valence-corrected chi connectivity index (χ2v) is 1.47. The Balaban J connectivity index is 0. The number of rotatable bonds is 1. The standard InChI is InChI=1S/C4H8O3.C2H6/c1-3(5)4(2,6)7;1-2/h5-7H,1H2,2H3;1-2H3. The fourth-order valence-electron chi connectivity index (χ4n) is 0. The minimum absolute atomic E-state index is 0.646. The lowest BCUT2D eigenvalue weighted by Gasteiger charge is -2.11. The molecule has 0 atom stereocenters. The molecular formula is C6H14O3. The van der Waals surface area contributed by atoms with Gasteiger partial charge in [-0.05, 0) is 6.92 Å². The highest BCUT2D eigenvalue weighted by Crippen LogP contribution is 2.04. The summed E-state index contributed by atoms with van der Waals surface area (Å²) < 4.78 is 0. The van der Waals surface area contributed by atoms with Gasteiger partial charge in [-0.15, -0.1) is 0 Å². The fraction of sp³-hybridized carbons (Fsp3) is 0.667. The first-order valence-corrected chi connectivity index (χ1v) is 2.77. The summed E-state index contributed by atoms with van der Waals surface area (Å²) in [5.74, 6) is -2.78. The topological polar surface area (TPSA) is 60.7 Å². The largest absolute Gasteiger partial charge is 0.507 e. The summed E-state index contributed by atoms with van der Waals surface area (Å²) in [6.07, 6.45) is 0. The van der Waals surface area contributed by atoms with Gasteiger partial charge in [0.15, 0.2) is 0 Å². The predicted molar refractivity (Wildman–Crippen MR) is 36.0 cm³/mol. The Morgan fingerprint density at radius 1 is 1.33 bits per heavy atom. The molecule has 0 rings (SSSR count). The van der Waals surface area contributed by atoms with Crippen molar-refractivity contribution in [1.29, 1.82) is 0 Å². The van der Waals surface area contributed by atoms with Crippen LogP contribution in [0.2, 0.25) is 0 Å². The Hall–Kier alpha value is -0.540. The third kappa shape index (κ3) is 7.46. The van der Waals surface area contributed by atoms with Crippen LogP contribution in [-0.4, -0.2) is 21.1 Å². The van der Waals surface area contributed by atoms with E-state index in [1.807, 2.05) is 13.8 Å². The SMILES string of the molecule is C=C(O)C(C)(O)O.CC. The van der Waals surface area contributed by atoms with Crippen LogP contribution in [0.4, 0.5) is 0 Å². The molecular weight excluding hydrogens is 120 g/mol. The summed E-state index contributed by atoms with van der Waals surface area (Å²) in [5, 5.41) is 24.8. The lowest BCUT2D eigenvalue weighted by atomic mass is 10.3. The molecule has 0 unspecified atom stereocenters. The van der Waals surface area contributed by atoms with Crippen LogP contribution in [0.25, 0.3) is 0 Å². The third-order valence-corrected chi connectivity index (χ3v) is 0.547. The van der Waals surface area contributed by atoms with E-state index in [0.717, 1.165) is 6.92 Å². The van der Waals surface area contributed by atoms with Gasteiger partial charge in [-0.2, -0.15) is 0 Å². The Morgan fingerprint density at radius 2 is 1.44 bits per heavy atom. The molecule has 0 saturated heterocycles. The van der Waals surface area contributed by atoms with Crippen molar-refractivity contribution in [2.75, 3.05) is 0 Å². The quantitative estimate of drug-likeness (QED) is 0.367. The Labute approximate surface area is 55.3 Å². The Bertz CT molecular complexity index is 80.8. The highest BCUT2D eigenvalue weighted by Gasteiger charge is 2.17. The van der Waals surface area contributed by atoms with Crippen LogP contribution >= 0.6 is 0 Å². The molecule has 0 bridgehead atoms. The van der Waals surface area contributed by atoms with Gasteiger partial charge in [0.2, 0.25) is 5.79 Å². The van der Waals surface area contributed by atoms with Gasteiger partial charge in [0.05, 0.1) is 0 Å². The summed E-state index contributed by atoms with van der Waals surface area (Å²) in [4.78, 5) is 0. The summed E-state index contributed by atoms with van der Waals surface area (Å²) in [6, 6.07) is 0. The fourth-order valence-corrected chi connectivity index (χ4v) is 0. The van der Waals surface area contributed by atoms with E-state index in [2.05, 4.69) is 6.58 Å². The molecule has 9 heavy (non-hydrogen) atoms. The van der Waals surface area contributed by atoms with Crippen molar-refractivity contribution in [2.45, 2.75) is 26.6 Å². The molecule has 56 valence electrons. The third-order valence-electron chi connectivity index (χ3n) is 0.547. The van der Waals surface area contributed by atoms with E-state index >= 15 is 0 Å². The number of hydrogen-bond donors (Lipinski definition) is 3. The van der Waals surface area contributed by atoms with Gasteiger partial charge in [-0.3, -0.25) is 0 Å². The summed E-state index contributed by atoms with van der Waals surface area (Å²) in [7, 11) is 0. The van der Waals surface area contributed by atoms with Crippen LogP contribution in [0.5, 0.6) is 0 Å². The van der Waals surface area contributed by atoms with Crippen LogP contribution in [0.3, 0.4) is 0 Å². The van der Waals surface area contributed by atoms with Crippen molar-refractivity contribution in [3.8, 4) is 0 Å². The van der Waals surface area contributed by atoms with E-state index < -0.39 is 11.5 Å². The van der Waals surface area contributed by atoms with Crippen LogP contribution in [0, 0.1) is 0 Å². The summed E-state index contributed by atoms with van der Waals surface area (Å²) in [6.45, 7) is 7.91. The minimum atomic E-state index is -2.14. The summed E-state index contributed by atoms with van der Waals surface area (Å²) >= 11 is 0. The van der Waals surface area contributed by atoms with E-state index in [-0.39, 0.29) is 0 Å². The van der Waals surface area contributed by atoms with E-state index in [1.165, 1.54) is 0 Å². The average Bonchev–Trinajstić information content (AvgIpc) is 1.69. The molecule has 0 heterocycles. The number of aliphatic hydroxyl groups is 3. The maximum absolute atomic E-state index is 8.30. The van der Waals surface area contributed by atoms with E-state index in [0.29, 0.717) is 0 Å². The van der Waals surface area contributed by atoms with Gasteiger partial charge >= 0.3 is 0 Å². The molecule has 0 aromatic rings. The van der Waals surface area contributed by atoms with E-state index in [1.54, 1.807) is 0 Å². The maximum Gasteiger partial charge on any atom is 0.218 e. The van der Waals surface area contributed by atoms with Gasteiger partial charge in [0, 0.05) is 0 Å². The maximum atomic E-state index is 8.30. The molecule has 0 aliphatic rings. The van der Waals surface area contributed by atoms with Crippen LogP contribution < -0.4 is 0 Å². The first-order valence-electron chi connectivity index (χ1n) is 2.77. The van der Waals surface area contributed by atoms with Crippen molar-refractivity contribution in [2.24, 2.45) is 0 Å². The normalized spacial score (nSPS) is 9.44. The summed E-state index contributed by atoms with van der Waals surface area (Å²) in [5.41, 5.74) is 0. The minimum Gasteiger partial charge on any atom is -0.507 e. The molecule has 0 aromatic carbocycles. The lowest BCUT2D eigenvalue weighted by molar-refractivity contribution is -0.135. The van der Waals surface area contributed by atoms with Crippen molar-refractivity contribution < 1.29 is 15.3 Å².